The molecule has 0 aliphatic rings. The van der Waals surface area contributed by atoms with Crippen LogP contribution in [0.3, 0.4) is 0 Å². The summed E-state index contributed by atoms with van der Waals surface area (Å²) < 4.78 is 61.7. The van der Waals surface area contributed by atoms with Crippen molar-refractivity contribution < 1.29 is 41.4 Å². The van der Waals surface area contributed by atoms with Gasteiger partial charge in [0.25, 0.3) is 5.76 Å². The van der Waals surface area contributed by atoms with E-state index < -0.39 is 40.6 Å². The highest BCUT2D eigenvalue weighted by atomic mass is 32.1. The first-order valence-electron chi connectivity index (χ1n) is 10.5. The molecule has 0 fully saturated rings. The molecule has 36 heavy (non-hydrogen) atoms. The van der Waals surface area contributed by atoms with Crippen molar-refractivity contribution in [2.75, 3.05) is 6.61 Å². The number of hydrogen-bond acceptors (Lipinski definition) is 8. The first-order chi connectivity index (χ1) is 17.2. The molecular weight excluding hydrogens is 501 g/mol. The van der Waals surface area contributed by atoms with Crippen LogP contribution in [0.1, 0.15) is 27.9 Å². The minimum atomic E-state index is -5.07. The van der Waals surface area contributed by atoms with Crippen LogP contribution in [0.25, 0.3) is 11.0 Å². The molecule has 0 saturated heterocycles. The lowest BCUT2D eigenvalue weighted by atomic mass is 10.2. The van der Waals surface area contributed by atoms with Gasteiger partial charge in [0.2, 0.25) is 11.2 Å². The maximum atomic E-state index is 13.8. The minimum Gasteiger partial charge on any atom is -0.462 e. The maximum Gasteiger partial charge on any atom is 0.453 e. The zero-order valence-electron chi connectivity index (χ0n) is 18.6. The number of esters is 2. The summed E-state index contributed by atoms with van der Waals surface area (Å²) in [6.07, 6.45) is -5.09. The normalized spacial score (nSPS) is 11.3. The van der Waals surface area contributed by atoms with Crippen LogP contribution in [0.5, 0.6) is 17.2 Å². The van der Waals surface area contributed by atoms with Crippen LogP contribution in [-0.2, 0) is 22.1 Å². The van der Waals surface area contributed by atoms with Crippen molar-refractivity contribution in [3.63, 3.8) is 0 Å². The van der Waals surface area contributed by atoms with E-state index in [9.17, 15) is 27.6 Å². The lowest BCUT2D eigenvalue weighted by Crippen LogP contribution is -2.16. The van der Waals surface area contributed by atoms with Gasteiger partial charge in [-0.1, -0.05) is 6.07 Å². The summed E-state index contributed by atoms with van der Waals surface area (Å²) in [5, 5.41) is 1.58. The number of rotatable bonds is 7. The van der Waals surface area contributed by atoms with Crippen LogP contribution in [0, 0.1) is 0 Å². The fraction of sp³-hybridized carbons (Fsp3) is 0.160. The summed E-state index contributed by atoms with van der Waals surface area (Å²) in [6.45, 7) is 1.78. The molecule has 0 saturated carbocycles. The molecule has 0 N–H and O–H groups in total. The molecule has 4 rings (SSSR count). The van der Waals surface area contributed by atoms with Gasteiger partial charge in [-0.15, -0.1) is 11.3 Å². The van der Waals surface area contributed by atoms with Gasteiger partial charge in [-0.3, -0.25) is 9.59 Å². The maximum absolute atomic E-state index is 13.8. The van der Waals surface area contributed by atoms with Gasteiger partial charge in [0, 0.05) is 10.9 Å². The molecule has 0 atom stereocenters. The van der Waals surface area contributed by atoms with Gasteiger partial charge in [-0.05, 0) is 54.8 Å². The highest BCUT2D eigenvalue weighted by Gasteiger charge is 2.40. The first kappa shape index (κ1) is 25.0. The Kier molecular flexibility index (Phi) is 7.11. The number of carbonyl (C=O) groups excluding carboxylic acids is 2. The molecule has 11 heteroatoms. The van der Waals surface area contributed by atoms with Crippen LogP contribution in [0.2, 0.25) is 0 Å². The van der Waals surface area contributed by atoms with E-state index in [2.05, 4.69) is 0 Å². The lowest BCUT2D eigenvalue weighted by Gasteiger charge is -2.14. The second-order valence-corrected chi connectivity index (χ2v) is 8.35. The third-order valence-electron chi connectivity index (χ3n) is 4.80. The van der Waals surface area contributed by atoms with E-state index in [4.69, 9.17) is 18.6 Å². The number of halogens is 3. The molecule has 7 nitrogen and oxygen atoms in total. The third-order valence-corrected chi connectivity index (χ3v) is 5.67. The Morgan fingerprint density at radius 3 is 2.39 bits per heavy atom. The van der Waals surface area contributed by atoms with Crippen molar-refractivity contribution in [1.29, 1.82) is 0 Å². The van der Waals surface area contributed by atoms with Crippen molar-refractivity contribution in [2.24, 2.45) is 0 Å². The number of thiophene rings is 1. The molecule has 0 unspecified atom stereocenters. The smallest absolute Gasteiger partial charge is 0.453 e. The standard InChI is InChI=1S/C25H17F3O7S/c1-2-32-24(31)14-5-7-15(8-6-14)34-22-21(30)18-10-9-16(12-19(18)35-23(22)25(26,27)28)33-20(29)13-17-4-3-11-36-17/h3-12H,2,13H2,1H3. The quantitative estimate of drug-likeness (QED) is 0.219. The molecule has 0 radical (unpaired) electrons. The van der Waals surface area contributed by atoms with E-state index in [0.29, 0.717) is 0 Å². The second kappa shape index (κ2) is 10.2. The summed E-state index contributed by atoms with van der Waals surface area (Å²) >= 11 is 1.35. The molecule has 2 aromatic heterocycles. The zero-order valence-corrected chi connectivity index (χ0v) is 19.4. The SMILES string of the molecule is CCOC(=O)c1ccc(Oc2c(C(F)(F)F)oc3cc(OC(=O)Cc4cccs4)ccc3c2=O)cc1. The number of alkyl halides is 3. The van der Waals surface area contributed by atoms with Gasteiger partial charge in [-0.2, -0.15) is 13.2 Å². The Morgan fingerprint density at radius 1 is 1.03 bits per heavy atom. The van der Waals surface area contributed by atoms with Gasteiger partial charge in [0.15, 0.2) is 0 Å². The number of fused-ring (bicyclic) bond motifs is 1. The number of benzene rings is 2. The molecule has 0 amide bonds. The van der Waals surface area contributed by atoms with Crippen LogP contribution in [0.15, 0.2) is 69.2 Å². The van der Waals surface area contributed by atoms with Crippen molar-refractivity contribution in [3.05, 3.63) is 86.4 Å². The van der Waals surface area contributed by atoms with Crippen LogP contribution in [0.4, 0.5) is 13.2 Å². The first-order valence-corrected chi connectivity index (χ1v) is 11.4. The Labute approximate surface area is 205 Å². The molecule has 186 valence electrons. The number of carbonyl (C=O) groups is 2. The van der Waals surface area contributed by atoms with Crippen LogP contribution < -0.4 is 14.9 Å². The zero-order chi connectivity index (χ0) is 25.9. The minimum absolute atomic E-state index is 0.0187. The van der Waals surface area contributed by atoms with E-state index in [1.54, 1.807) is 24.4 Å². The van der Waals surface area contributed by atoms with E-state index in [-0.39, 0.29) is 35.5 Å². The third kappa shape index (κ3) is 5.57. The highest BCUT2D eigenvalue weighted by Crippen LogP contribution is 2.38. The molecule has 2 aromatic carbocycles. The number of hydrogen-bond donors (Lipinski definition) is 0. The lowest BCUT2D eigenvalue weighted by molar-refractivity contribution is -0.154. The topological polar surface area (TPSA) is 92.0 Å². The van der Waals surface area contributed by atoms with Crippen molar-refractivity contribution in [2.45, 2.75) is 19.5 Å². The summed E-state index contributed by atoms with van der Waals surface area (Å²) in [6, 6.07) is 12.1. The van der Waals surface area contributed by atoms with Crippen molar-refractivity contribution >= 4 is 34.2 Å². The largest absolute Gasteiger partial charge is 0.462 e. The summed E-state index contributed by atoms with van der Waals surface area (Å²) in [4.78, 5) is 37.6. The highest BCUT2D eigenvalue weighted by molar-refractivity contribution is 7.10. The van der Waals surface area contributed by atoms with Crippen LogP contribution >= 0.6 is 11.3 Å². The average Bonchev–Trinajstić information content (AvgIpc) is 3.33. The van der Waals surface area contributed by atoms with Crippen molar-refractivity contribution in [1.82, 2.24) is 0 Å². The fourth-order valence-corrected chi connectivity index (χ4v) is 3.90. The Hall–Kier alpha value is -4.12. The summed E-state index contributed by atoms with van der Waals surface area (Å²) in [7, 11) is 0. The predicted octanol–water partition coefficient (Wildman–Crippen LogP) is 5.99. The van der Waals surface area contributed by atoms with E-state index >= 15 is 0 Å². The van der Waals surface area contributed by atoms with E-state index in [0.717, 1.165) is 10.9 Å². The van der Waals surface area contributed by atoms with Gasteiger partial charge in [-0.25, -0.2) is 4.79 Å². The average molecular weight is 518 g/mol. The van der Waals surface area contributed by atoms with Crippen LogP contribution in [-0.4, -0.2) is 18.5 Å². The summed E-state index contributed by atoms with van der Waals surface area (Å²) in [5.74, 6) is -4.17. The molecule has 4 aromatic rings. The number of ether oxygens (including phenoxy) is 3. The molecular formula is C25H17F3O7S. The van der Waals surface area contributed by atoms with Gasteiger partial charge >= 0.3 is 18.1 Å². The monoisotopic (exact) mass is 518 g/mol. The predicted molar refractivity (Wildman–Crippen MR) is 124 cm³/mol. The van der Waals surface area contributed by atoms with E-state index in [1.165, 1.54) is 47.7 Å². The van der Waals surface area contributed by atoms with Crippen molar-refractivity contribution in [3.8, 4) is 17.2 Å². The Morgan fingerprint density at radius 2 is 1.75 bits per heavy atom. The molecule has 0 aliphatic carbocycles. The van der Waals surface area contributed by atoms with Gasteiger partial charge < -0.3 is 18.6 Å². The fourth-order valence-electron chi connectivity index (χ4n) is 3.21. The molecule has 0 spiro atoms. The van der Waals surface area contributed by atoms with Gasteiger partial charge in [0.1, 0.15) is 17.1 Å². The van der Waals surface area contributed by atoms with E-state index in [1.807, 2.05) is 0 Å². The Bertz CT molecular complexity index is 1460. The second-order valence-electron chi connectivity index (χ2n) is 7.32. The Balaban J connectivity index is 1.66. The van der Waals surface area contributed by atoms with Gasteiger partial charge in [0.05, 0.1) is 24.0 Å². The molecule has 0 aliphatic heterocycles. The summed E-state index contributed by atoms with van der Waals surface area (Å²) in [5.41, 5.74) is -1.35. The molecule has 0 bridgehead atoms. The molecule has 2 heterocycles.